The van der Waals surface area contributed by atoms with E-state index in [-0.39, 0.29) is 17.1 Å². The number of thioether (sulfide) groups is 3. The van der Waals surface area contributed by atoms with Crippen molar-refractivity contribution in [3.05, 3.63) is 0 Å². The number of nitrogens with two attached hydrogens (primary N) is 3. The summed E-state index contributed by atoms with van der Waals surface area (Å²) in [5.74, 6) is 14.2. The van der Waals surface area contributed by atoms with Crippen LogP contribution in [0.25, 0.3) is 0 Å². The summed E-state index contributed by atoms with van der Waals surface area (Å²) >= 11 is 17.7. The van der Waals surface area contributed by atoms with Gasteiger partial charge in [0.25, 0.3) is 0 Å². The molecule has 0 saturated heterocycles. The maximum Gasteiger partial charge on any atom is 2.00 e. The van der Waals surface area contributed by atoms with Crippen LogP contribution in [-0.4, -0.2) is 31.9 Å². The maximum absolute atomic E-state index is 4.75. The minimum absolute atomic E-state index is 0. The minimum atomic E-state index is 0. The Morgan fingerprint density at radius 1 is 0.684 bits per heavy atom. The average Bonchev–Trinajstić information content (AvgIpc) is 2.45. The Kier molecular flexibility index (Phi) is 34.8. The van der Waals surface area contributed by atoms with Crippen LogP contribution in [0.2, 0.25) is 0 Å². The second kappa shape index (κ2) is 23.7. The molecule has 0 aromatic heterocycles. The Balaban J connectivity index is -0.0000000865. The summed E-state index contributed by atoms with van der Waals surface area (Å²) in [5, 5.41) is 9.60. The molecule has 0 aromatic carbocycles. The third-order valence-corrected chi connectivity index (χ3v) is 4.02. The first-order valence-electron chi connectivity index (χ1n) is 3.89. The Hall–Kier alpha value is 0.639. The first-order chi connectivity index (χ1) is 8.42. The van der Waals surface area contributed by atoms with Crippen LogP contribution >= 0.6 is 35.3 Å². The van der Waals surface area contributed by atoms with Gasteiger partial charge in [-0.25, -0.2) is 15.3 Å². The number of hydrogen-bond acceptors (Lipinski definition) is 12. The molecule has 0 rings (SSSR count). The number of hydrazone groups is 3. The predicted octanol–water partition coefficient (Wildman–Crippen LogP) is 0.376. The molecule has 0 unspecified atom stereocenters. The van der Waals surface area contributed by atoms with E-state index in [9.17, 15) is 0 Å². The number of rotatable bonds is 0. The molecule has 6 N–H and O–H groups in total. The van der Waals surface area contributed by atoms with Gasteiger partial charge in [0.2, 0.25) is 0 Å². The standard InChI is InChI=1S/3C2H6N2S2.Fe/c3*1-6-2(5)4-3;/h3*3H2,1H3,(H,4,5);/q;;;+2/p-3. The van der Waals surface area contributed by atoms with E-state index in [0.717, 1.165) is 0 Å². The van der Waals surface area contributed by atoms with Gasteiger partial charge >= 0.3 is 17.1 Å². The van der Waals surface area contributed by atoms with Crippen molar-refractivity contribution in [3.8, 4) is 0 Å². The summed E-state index contributed by atoms with van der Waals surface area (Å²) in [7, 11) is 0. The average molecular weight is 419 g/mol. The van der Waals surface area contributed by atoms with Gasteiger partial charge in [0, 0.05) is 0 Å². The summed E-state index contributed by atoms with van der Waals surface area (Å²) in [5.41, 5.74) is 0. The molecule has 0 aliphatic rings. The Morgan fingerprint density at radius 3 is 0.842 bits per heavy atom. The summed E-state index contributed by atoms with van der Waals surface area (Å²) in [4.78, 5) is 0. The van der Waals surface area contributed by atoms with Gasteiger partial charge < -0.3 is 55.4 Å². The zero-order chi connectivity index (χ0) is 15.0. The van der Waals surface area contributed by atoms with Crippen molar-refractivity contribution in [3.63, 3.8) is 0 Å². The normalized spacial score (nSPS) is 11.2. The first kappa shape index (κ1) is 27.9. The van der Waals surface area contributed by atoms with E-state index in [1.165, 1.54) is 35.3 Å². The van der Waals surface area contributed by atoms with Crippen molar-refractivity contribution >= 4 is 86.3 Å². The van der Waals surface area contributed by atoms with Crippen molar-refractivity contribution < 1.29 is 17.1 Å². The van der Waals surface area contributed by atoms with Gasteiger partial charge in [-0.15, -0.1) is 35.3 Å². The molecule has 13 heteroatoms. The topological polar surface area (TPSA) is 115 Å². The Bertz CT molecular complexity index is 230. The zero-order valence-electron chi connectivity index (χ0n) is 10.4. The third kappa shape index (κ3) is 32.3. The molecular weight excluding hydrogens is 404 g/mol. The monoisotopic (exact) mass is 419 g/mol. The van der Waals surface area contributed by atoms with Crippen molar-refractivity contribution in [1.29, 1.82) is 0 Å². The fraction of sp³-hybridized carbons (Fsp3) is 0.500. The van der Waals surface area contributed by atoms with Crippen LogP contribution in [0.3, 0.4) is 0 Å². The van der Waals surface area contributed by atoms with Gasteiger partial charge in [-0.05, 0) is 31.9 Å². The van der Waals surface area contributed by atoms with Crippen LogP contribution in [0.5, 0.6) is 0 Å². The molecule has 0 saturated carbocycles. The largest absolute Gasteiger partial charge is 2.00 e. The third-order valence-electron chi connectivity index (χ3n) is 0.840. The van der Waals surface area contributed by atoms with E-state index in [0.29, 0.717) is 13.1 Å². The molecule has 0 aromatic rings. The molecule has 6 nitrogen and oxygen atoms in total. The van der Waals surface area contributed by atoms with Crippen LogP contribution in [0.15, 0.2) is 15.3 Å². The smallest absolute Gasteiger partial charge is 0.752 e. The Morgan fingerprint density at radius 2 is 0.842 bits per heavy atom. The summed E-state index contributed by atoms with van der Waals surface area (Å²) < 4.78 is 1.49. The van der Waals surface area contributed by atoms with Crippen molar-refractivity contribution in [1.82, 2.24) is 0 Å². The second-order valence-electron chi connectivity index (χ2n) is 1.80. The minimum Gasteiger partial charge on any atom is -0.752 e. The maximum atomic E-state index is 4.75. The van der Waals surface area contributed by atoms with Crippen molar-refractivity contribution in [2.24, 2.45) is 32.8 Å². The van der Waals surface area contributed by atoms with Crippen molar-refractivity contribution in [2.75, 3.05) is 18.8 Å². The Labute approximate surface area is 154 Å². The molecule has 0 aliphatic carbocycles. The molecular formula is C6H15FeN6S6-. The van der Waals surface area contributed by atoms with Gasteiger partial charge in [-0.1, -0.05) is 0 Å². The number of nitrogens with zero attached hydrogens (tertiary/aromatic N) is 3. The van der Waals surface area contributed by atoms with Gasteiger partial charge in [0.15, 0.2) is 0 Å². The van der Waals surface area contributed by atoms with Gasteiger partial charge in [0.1, 0.15) is 0 Å². The van der Waals surface area contributed by atoms with Gasteiger partial charge in [0.05, 0.1) is 0 Å². The summed E-state index contributed by atoms with van der Waals surface area (Å²) in [6.07, 6.45) is 5.50. The molecule has 0 fully saturated rings. The SMILES string of the molecule is CS/C([S-])=N/N.CS/C([S-])=N/N.CS/C([S-])=N\N.[Fe+2]. The quantitative estimate of drug-likeness (QED) is 0.128. The van der Waals surface area contributed by atoms with Gasteiger partial charge in [-0.2, -0.15) is 0 Å². The fourth-order valence-electron chi connectivity index (χ4n) is 0.158. The second-order valence-corrected chi connectivity index (χ2v) is 6.12. The molecule has 0 atom stereocenters. The van der Waals surface area contributed by atoms with E-state index < -0.39 is 0 Å². The van der Waals surface area contributed by atoms with Crippen LogP contribution in [0, 0.1) is 0 Å². The van der Waals surface area contributed by atoms with Crippen molar-refractivity contribution in [2.45, 2.75) is 0 Å². The molecule has 114 valence electrons. The van der Waals surface area contributed by atoms with E-state index in [2.05, 4.69) is 53.2 Å². The van der Waals surface area contributed by atoms with Crippen LogP contribution in [-0.2, 0) is 55.0 Å². The number of hydrogen-bond donors (Lipinski definition) is 3. The molecule has 0 bridgehead atoms. The fourth-order valence-corrected chi connectivity index (χ4v) is 0.474. The predicted molar refractivity (Wildman–Crippen MR) is 97.5 cm³/mol. The zero-order valence-corrected chi connectivity index (χ0v) is 16.4. The van der Waals surface area contributed by atoms with Gasteiger partial charge in [-0.3, -0.25) is 0 Å². The van der Waals surface area contributed by atoms with Crippen LogP contribution in [0.4, 0.5) is 0 Å². The molecule has 0 amide bonds. The molecule has 0 heterocycles. The summed E-state index contributed by atoms with van der Waals surface area (Å²) in [6, 6.07) is 0. The van der Waals surface area contributed by atoms with Crippen LogP contribution in [0.1, 0.15) is 0 Å². The van der Waals surface area contributed by atoms with E-state index in [4.69, 9.17) is 17.5 Å². The first-order valence-corrected chi connectivity index (χ1v) is 8.79. The molecule has 0 radical (unpaired) electrons. The summed E-state index contributed by atoms with van der Waals surface area (Å²) in [6.45, 7) is 0. The molecule has 19 heavy (non-hydrogen) atoms. The van der Waals surface area contributed by atoms with Crippen LogP contribution < -0.4 is 17.5 Å². The van der Waals surface area contributed by atoms with E-state index in [1.807, 2.05) is 18.8 Å². The molecule has 0 aliphatic heterocycles. The van der Waals surface area contributed by atoms with E-state index in [1.54, 1.807) is 0 Å². The molecule has 0 spiro atoms. The van der Waals surface area contributed by atoms with E-state index >= 15 is 0 Å².